The second-order valence-electron chi connectivity index (χ2n) is 2.42. The van der Waals surface area contributed by atoms with Crippen LogP contribution in [0.5, 0.6) is 5.75 Å². The van der Waals surface area contributed by atoms with Gasteiger partial charge in [0.25, 0.3) is 6.29 Å². The van der Waals surface area contributed by atoms with Crippen LogP contribution in [0, 0.1) is 0 Å². The highest BCUT2D eigenvalue weighted by Gasteiger charge is 2.14. The fraction of sp³-hybridized carbons (Fsp3) is 0.222. The first kappa shape index (κ1) is 7.16. The lowest BCUT2D eigenvalue weighted by Crippen LogP contribution is -2.13. The highest BCUT2D eigenvalue weighted by atomic mass is 16.8. The van der Waals surface area contributed by atoms with Gasteiger partial charge in [0.1, 0.15) is 12.0 Å². The Morgan fingerprint density at radius 3 is 2.92 bits per heavy atom. The molecule has 1 aromatic rings. The van der Waals surface area contributed by atoms with Gasteiger partial charge in [0.15, 0.2) is 0 Å². The van der Waals surface area contributed by atoms with Crippen molar-refractivity contribution in [3.63, 3.8) is 0 Å². The van der Waals surface area contributed by atoms with Crippen LogP contribution in [-0.2, 0) is 4.84 Å². The Hall–Kier alpha value is -1.51. The summed E-state index contributed by atoms with van der Waals surface area (Å²) in [4.78, 5) is 4.85. The number of rotatable bonds is 2. The van der Waals surface area contributed by atoms with E-state index in [1.165, 1.54) is 0 Å². The quantitative estimate of drug-likeness (QED) is 0.662. The van der Waals surface area contributed by atoms with Gasteiger partial charge in [-0.15, -0.1) is 0 Å². The lowest BCUT2D eigenvalue weighted by molar-refractivity contribution is -0.0570. The highest BCUT2D eigenvalue weighted by molar-refractivity contribution is 5.58. The van der Waals surface area contributed by atoms with E-state index in [4.69, 9.17) is 9.57 Å². The molecule has 0 N–H and O–H groups in total. The van der Waals surface area contributed by atoms with Crippen molar-refractivity contribution in [2.45, 2.75) is 12.7 Å². The first-order chi connectivity index (χ1) is 5.95. The van der Waals surface area contributed by atoms with Crippen molar-refractivity contribution in [3.8, 4) is 5.75 Å². The van der Waals surface area contributed by atoms with Crippen molar-refractivity contribution < 1.29 is 9.57 Å². The Labute approximate surface area is 70.6 Å². The van der Waals surface area contributed by atoms with Gasteiger partial charge < -0.3 is 9.57 Å². The number of ether oxygens (including phenoxy) is 1. The van der Waals surface area contributed by atoms with Crippen molar-refractivity contribution in [2.24, 2.45) is 5.16 Å². The number of hydrogen-bond donors (Lipinski definition) is 0. The van der Waals surface area contributed by atoms with Crippen LogP contribution in [0.4, 0.5) is 0 Å². The summed E-state index contributed by atoms with van der Waals surface area (Å²) < 4.78 is 5.40. The van der Waals surface area contributed by atoms with E-state index < -0.39 is 0 Å². The molecule has 0 aliphatic carbocycles. The molecule has 1 radical (unpaired) electrons. The fourth-order valence-corrected chi connectivity index (χ4v) is 0.959. The van der Waals surface area contributed by atoms with Gasteiger partial charge in [-0.3, -0.25) is 0 Å². The highest BCUT2D eigenvalue weighted by Crippen LogP contribution is 2.14. The summed E-state index contributed by atoms with van der Waals surface area (Å²) in [6.07, 6.45) is 2.96. The van der Waals surface area contributed by atoms with E-state index in [-0.39, 0.29) is 6.29 Å². The van der Waals surface area contributed by atoms with Crippen molar-refractivity contribution >= 4 is 6.21 Å². The first-order valence-electron chi connectivity index (χ1n) is 3.75. The maximum absolute atomic E-state index is 5.40. The van der Waals surface area contributed by atoms with Gasteiger partial charge in [-0.25, -0.2) is 0 Å². The van der Waals surface area contributed by atoms with Crippen LogP contribution in [0.1, 0.15) is 6.42 Å². The molecule has 1 atom stereocenters. The SMILES string of the molecule is [C]1=NOC(Oc2ccccc2)C1. The molecule has 1 aliphatic rings. The van der Waals surface area contributed by atoms with E-state index in [0.29, 0.717) is 6.42 Å². The van der Waals surface area contributed by atoms with Gasteiger partial charge in [0.2, 0.25) is 0 Å². The number of hydrogen-bond acceptors (Lipinski definition) is 3. The molecular weight excluding hydrogens is 154 g/mol. The Morgan fingerprint density at radius 1 is 1.42 bits per heavy atom. The standard InChI is InChI=1S/C9H8NO2/c1-2-4-8(5-3-1)11-9-6-7-10-12-9/h1-5,9H,6H2. The van der Waals surface area contributed by atoms with Gasteiger partial charge in [-0.05, 0) is 12.1 Å². The van der Waals surface area contributed by atoms with Crippen LogP contribution in [0.3, 0.4) is 0 Å². The molecule has 0 bridgehead atoms. The second kappa shape index (κ2) is 3.26. The number of benzene rings is 1. The third-order valence-electron chi connectivity index (χ3n) is 1.50. The maximum atomic E-state index is 5.40. The molecule has 0 saturated carbocycles. The zero-order valence-electron chi connectivity index (χ0n) is 6.43. The molecule has 1 unspecified atom stereocenters. The average Bonchev–Trinajstić information content (AvgIpc) is 2.59. The molecule has 3 heteroatoms. The maximum Gasteiger partial charge on any atom is 0.271 e. The molecule has 2 rings (SSSR count). The van der Waals surface area contributed by atoms with Crippen molar-refractivity contribution in [3.05, 3.63) is 30.3 Å². The molecule has 0 saturated heterocycles. The number of para-hydroxylation sites is 1. The molecule has 61 valence electrons. The van der Waals surface area contributed by atoms with Crippen molar-refractivity contribution in [1.82, 2.24) is 0 Å². The van der Waals surface area contributed by atoms with Crippen LogP contribution in [0.25, 0.3) is 0 Å². The molecule has 3 nitrogen and oxygen atoms in total. The number of nitrogens with zero attached hydrogens (tertiary/aromatic N) is 1. The summed E-state index contributed by atoms with van der Waals surface area (Å²) in [5, 5.41) is 3.49. The van der Waals surface area contributed by atoms with E-state index in [9.17, 15) is 0 Å². The Morgan fingerprint density at radius 2 is 2.25 bits per heavy atom. The van der Waals surface area contributed by atoms with Gasteiger partial charge in [0.05, 0.1) is 6.42 Å². The van der Waals surface area contributed by atoms with E-state index in [0.717, 1.165) is 5.75 Å². The second-order valence-corrected chi connectivity index (χ2v) is 2.42. The van der Waals surface area contributed by atoms with Crippen LogP contribution >= 0.6 is 0 Å². The van der Waals surface area contributed by atoms with Crippen LogP contribution in [0.2, 0.25) is 0 Å². The first-order valence-corrected chi connectivity index (χ1v) is 3.75. The smallest absolute Gasteiger partial charge is 0.271 e. The summed E-state index contributed by atoms with van der Waals surface area (Å²) in [5.41, 5.74) is 0. The Bertz CT molecular complexity index is 263. The van der Waals surface area contributed by atoms with Gasteiger partial charge in [0, 0.05) is 0 Å². The monoisotopic (exact) mass is 162 g/mol. The third-order valence-corrected chi connectivity index (χ3v) is 1.50. The van der Waals surface area contributed by atoms with E-state index in [1.807, 2.05) is 30.3 Å². The molecule has 0 aromatic heterocycles. The zero-order valence-corrected chi connectivity index (χ0v) is 6.43. The average molecular weight is 162 g/mol. The molecule has 12 heavy (non-hydrogen) atoms. The molecule has 1 aromatic carbocycles. The minimum absolute atomic E-state index is 0.299. The normalized spacial score (nSPS) is 20.5. The summed E-state index contributed by atoms with van der Waals surface area (Å²) in [5.74, 6) is 0.793. The van der Waals surface area contributed by atoms with Gasteiger partial charge in [-0.2, -0.15) is 0 Å². The third kappa shape index (κ3) is 1.56. The summed E-state index contributed by atoms with van der Waals surface area (Å²) in [6.45, 7) is 0. The Kier molecular flexibility index (Phi) is 1.94. The van der Waals surface area contributed by atoms with E-state index in [1.54, 1.807) is 0 Å². The van der Waals surface area contributed by atoms with Crippen molar-refractivity contribution in [2.75, 3.05) is 0 Å². The summed E-state index contributed by atoms with van der Waals surface area (Å²) in [7, 11) is 0. The molecule has 1 aliphatic heterocycles. The predicted octanol–water partition coefficient (Wildman–Crippen LogP) is 1.67. The molecule has 0 amide bonds. The van der Waals surface area contributed by atoms with E-state index >= 15 is 0 Å². The van der Waals surface area contributed by atoms with Crippen molar-refractivity contribution in [1.29, 1.82) is 0 Å². The summed E-state index contributed by atoms with van der Waals surface area (Å²) in [6, 6.07) is 9.51. The lowest BCUT2D eigenvalue weighted by atomic mass is 10.3. The summed E-state index contributed by atoms with van der Waals surface area (Å²) >= 11 is 0. The minimum atomic E-state index is -0.299. The lowest BCUT2D eigenvalue weighted by Gasteiger charge is -2.10. The van der Waals surface area contributed by atoms with Crippen LogP contribution < -0.4 is 4.74 Å². The van der Waals surface area contributed by atoms with Crippen LogP contribution in [-0.4, -0.2) is 12.5 Å². The zero-order chi connectivity index (χ0) is 8.23. The largest absolute Gasteiger partial charge is 0.452 e. The van der Waals surface area contributed by atoms with Gasteiger partial charge in [-0.1, -0.05) is 23.4 Å². The molecule has 1 heterocycles. The van der Waals surface area contributed by atoms with Gasteiger partial charge >= 0.3 is 0 Å². The van der Waals surface area contributed by atoms with E-state index in [2.05, 4.69) is 11.4 Å². The van der Waals surface area contributed by atoms with Crippen LogP contribution in [0.15, 0.2) is 35.5 Å². The predicted molar refractivity (Wildman–Crippen MR) is 44.0 cm³/mol. The minimum Gasteiger partial charge on any atom is -0.452 e. The fourth-order valence-electron chi connectivity index (χ4n) is 0.959. The Balaban J connectivity index is 1.95. The molecular formula is C9H8NO2. The molecule has 0 spiro atoms. The topological polar surface area (TPSA) is 30.8 Å². The molecule has 0 fully saturated rings.